The van der Waals surface area contributed by atoms with Crippen molar-refractivity contribution in [3.05, 3.63) is 47.0 Å². The molecule has 0 atom stereocenters. The van der Waals surface area contributed by atoms with E-state index in [1.165, 1.54) is 0 Å². The van der Waals surface area contributed by atoms with E-state index in [2.05, 4.69) is 10.9 Å². The number of hydrazine groups is 1. The fourth-order valence-electron chi connectivity index (χ4n) is 2.76. The number of ether oxygens (including phenoxy) is 4. The maximum absolute atomic E-state index is 12.6. The van der Waals surface area contributed by atoms with Crippen LogP contribution in [0.15, 0.2) is 30.3 Å². The first-order valence-electron chi connectivity index (χ1n) is 10.2. The van der Waals surface area contributed by atoms with Crippen LogP contribution in [0.2, 0.25) is 0 Å². The Morgan fingerprint density at radius 2 is 1.39 bits per heavy atom. The van der Waals surface area contributed by atoms with E-state index in [0.717, 1.165) is 11.1 Å². The van der Waals surface area contributed by atoms with Crippen LogP contribution in [0.3, 0.4) is 0 Å². The van der Waals surface area contributed by atoms with Gasteiger partial charge in [0.1, 0.15) is 5.75 Å². The van der Waals surface area contributed by atoms with E-state index in [1.54, 1.807) is 12.1 Å². The summed E-state index contributed by atoms with van der Waals surface area (Å²) >= 11 is 0. The molecule has 0 aliphatic rings. The maximum Gasteiger partial charge on any atom is 0.276 e. The van der Waals surface area contributed by atoms with E-state index in [9.17, 15) is 9.59 Å². The summed E-state index contributed by atoms with van der Waals surface area (Å²) in [5, 5.41) is 0. The van der Waals surface area contributed by atoms with Gasteiger partial charge in [-0.05, 0) is 63.9 Å². The highest BCUT2D eigenvalue weighted by atomic mass is 16.5. The van der Waals surface area contributed by atoms with Crippen molar-refractivity contribution in [2.24, 2.45) is 0 Å². The number of carbonyl (C=O) groups excluding carboxylic acids is 2. The van der Waals surface area contributed by atoms with Gasteiger partial charge in [0.2, 0.25) is 5.75 Å². The zero-order valence-electron chi connectivity index (χ0n) is 18.7. The lowest BCUT2D eigenvalue weighted by molar-refractivity contribution is -0.123. The molecule has 8 nitrogen and oxygen atoms in total. The first-order chi connectivity index (χ1) is 14.9. The molecule has 2 rings (SSSR count). The standard InChI is InChI=1S/C23H30N2O6/c1-6-28-19-12-17(13-20(29-7-2)22(19)30-8-3)23(27)25-24-21(26)14-31-18-11-15(4)9-10-16(18)5/h9-13H,6-8,14H2,1-5H3,(H,24,26)(H,25,27). The highest BCUT2D eigenvalue weighted by Gasteiger charge is 2.19. The quantitative estimate of drug-likeness (QED) is 0.562. The van der Waals surface area contributed by atoms with Gasteiger partial charge >= 0.3 is 0 Å². The lowest BCUT2D eigenvalue weighted by Crippen LogP contribution is -2.43. The van der Waals surface area contributed by atoms with Gasteiger partial charge in [0.15, 0.2) is 18.1 Å². The van der Waals surface area contributed by atoms with Crippen molar-refractivity contribution in [2.45, 2.75) is 34.6 Å². The van der Waals surface area contributed by atoms with Crippen LogP contribution in [0, 0.1) is 13.8 Å². The molecule has 0 aliphatic carbocycles. The smallest absolute Gasteiger partial charge is 0.276 e. The Kier molecular flexibility index (Phi) is 8.99. The van der Waals surface area contributed by atoms with Crippen LogP contribution in [-0.2, 0) is 4.79 Å². The van der Waals surface area contributed by atoms with Crippen LogP contribution >= 0.6 is 0 Å². The number of carbonyl (C=O) groups is 2. The van der Waals surface area contributed by atoms with E-state index in [-0.39, 0.29) is 12.2 Å². The van der Waals surface area contributed by atoms with Crippen molar-refractivity contribution in [3.63, 3.8) is 0 Å². The molecule has 0 heterocycles. The Morgan fingerprint density at radius 3 is 1.97 bits per heavy atom. The Hall–Kier alpha value is -3.42. The number of hydrogen-bond donors (Lipinski definition) is 2. The van der Waals surface area contributed by atoms with E-state index >= 15 is 0 Å². The average molecular weight is 431 g/mol. The Labute approximate surface area is 182 Å². The summed E-state index contributed by atoms with van der Waals surface area (Å²) in [4.78, 5) is 24.7. The van der Waals surface area contributed by atoms with Crippen LogP contribution in [0.5, 0.6) is 23.0 Å². The topological polar surface area (TPSA) is 95.1 Å². The summed E-state index contributed by atoms with van der Waals surface area (Å²) in [5.74, 6) is 0.833. The predicted octanol–water partition coefficient (Wildman–Crippen LogP) is 3.34. The summed E-state index contributed by atoms with van der Waals surface area (Å²) in [5.41, 5.74) is 6.94. The lowest BCUT2D eigenvalue weighted by atomic mass is 10.1. The third-order valence-corrected chi connectivity index (χ3v) is 4.19. The number of amides is 2. The van der Waals surface area contributed by atoms with Crippen LogP contribution < -0.4 is 29.8 Å². The first-order valence-corrected chi connectivity index (χ1v) is 10.2. The van der Waals surface area contributed by atoms with Crippen LogP contribution in [0.25, 0.3) is 0 Å². The van der Waals surface area contributed by atoms with Gasteiger partial charge in [-0.3, -0.25) is 20.4 Å². The van der Waals surface area contributed by atoms with Crippen LogP contribution in [0.4, 0.5) is 0 Å². The molecule has 31 heavy (non-hydrogen) atoms. The molecule has 0 fully saturated rings. The molecule has 2 aromatic carbocycles. The molecule has 0 radical (unpaired) electrons. The molecule has 2 N–H and O–H groups in total. The van der Waals surface area contributed by atoms with Gasteiger partial charge in [-0.25, -0.2) is 0 Å². The molecular weight excluding hydrogens is 400 g/mol. The van der Waals surface area contributed by atoms with Gasteiger partial charge in [0.05, 0.1) is 19.8 Å². The number of hydrogen-bond acceptors (Lipinski definition) is 6. The maximum atomic E-state index is 12.6. The number of nitrogens with one attached hydrogen (secondary N) is 2. The normalized spacial score (nSPS) is 10.2. The predicted molar refractivity (Wildman–Crippen MR) is 117 cm³/mol. The summed E-state index contributed by atoms with van der Waals surface area (Å²) in [6.45, 7) is 10.3. The van der Waals surface area contributed by atoms with E-state index < -0.39 is 11.8 Å². The van der Waals surface area contributed by atoms with Gasteiger partial charge in [-0.2, -0.15) is 0 Å². The molecule has 0 aliphatic heterocycles. The molecule has 0 aromatic heterocycles. The van der Waals surface area contributed by atoms with Crippen molar-refractivity contribution in [1.82, 2.24) is 10.9 Å². The van der Waals surface area contributed by atoms with Crippen molar-refractivity contribution in [3.8, 4) is 23.0 Å². The number of benzene rings is 2. The van der Waals surface area contributed by atoms with Crippen LogP contribution in [-0.4, -0.2) is 38.2 Å². The zero-order chi connectivity index (χ0) is 22.8. The average Bonchev–Trinajstić information content (AvgIpc) is 2.75. The van der Waals surface area contributed by atoms with E-state index in [4.69, 9.17) is 18.9 Å². The minimum Gasteiger partial charge on any atom is -0.490 e. The molecule has 2 aromatic rings. The van der Waals surface area contributed by atoms with Gasteiger partial charge in [-0.1, -0.05) is 12.1 Å². The van der Waals surface area contributed by atoms with Gasteiger partial charge in [0.25, 0.3) is 11.8 Å². The molecule has 0 saturated carbocycles. The molecule has 2 amide bonds. The highest BCUT2D eigenvalue weighted by molar-refractivity contribution is 5.96. The fraction of sp³-hybridized carbons (Fsp3) is 0.391. The van der Waals surface area contributed by atoms with Crippen molar-refractivity contribution < 1.29 is 28.5 Å². The molecule has 0 bridgehead atoms. The van der Waals surface area contributed by atoms with Crippen LogP contribution in [0.1, 0.15) is 42.3 Å². The molecule has 0 unspecified atom stereocenters. The Balaban J connectivity index is 2.04. The highest BCUT2D eigenvalue weighted by Crippen LogP contribution is 2.39. The van der Waals surface area contributed by atoms with E-state index in [0.29, 0.717) is 42.8 Å². The second kappa shape index (κ2) is 11.7. The van der Waals surface area contributed by atoms with Gasteiger partial charge in [0, 0.05) is 5.56 Å². The fourth-order valence-corrected chi connectivity index (χ4v) is 2.76. The van der Waals surface area contributed by atoms with Crippen molar-refractivity contribution in [2.75, 3.05) is 26.4 Å². The summed E-state index contributed by atoms with van der Waals surface area (Å²) in [6.07, 6.45) is 0. The Morgan fingerprint density at radius 1 is 0.774 bits per heavy atom. The second-order valence-corrected chi connectivity index (χ2v) is 6.66. The summed E-state index contributed by atoms with van der Waals surface area (Å²) < 4.78 is 22.4. The number of rotatable bonds is 10. The SMILES string of the molecule is CCOc1cc(C(=O)NNC(=O)COc2cc(C)ccc2C)cc(OCC)c1OCC. The number of aryl methyl sites for hydroxylation is 2. The van der Waals surface area contributed by atoms with Gasteiger partial charge in [-0.15, -0.1) is 0 Å². The summed E-state index contributed by atoms with van der Waals surface area (Å²) in [7, 11) is 0. The molecule has 0 saturated heterocycles. The minimum absolute atomic E-state index is 0.234. The molecule has 168 valence electrons. The minimum atomic E-state index is -0.523. The summed E-state index contributed by atoms with van der Waals surface area (Å²) in [6, 6.07) is 8.83. The van der Waals surface area contributed by atoms with E-state index in [1.807, 2.05) is 52.8 Å². The largest absolute Gasteiger partial charge is 0.490 e. The molecular formula is C23H30N2O6. The monoisotopic (exact) mass is 430 g/mol. The molecule has 0 spiro atoms. The first kappa shape index (κ1) is 23.9. The molecule has 8 heteroatoms. The second-order valence-electron chi connectivity index (χ2n) is 6.66. The van der Waals surface area contributed by atoms with Crippen molar-refractivity contribution in [1.29, 1.82) is 0 Å². The van der Waals surface area contributed by atoms with Gasteiger partial charge < -0.3 is 18.9 Å². The third kappa shape index (κ3) is 6.80. The van der Waals surface area contributed by atoms with Crippen molar-refractivity contribution >= 4 is 11.8 Å². The lowest BCUT2D eigenvalue weighted by Gasteiger charge is -2.17. The third-order valence-electron chi connectivity index (χ3n) is 4.19. The Bertz CT molecular complexity index is 886. The zero-order valence-corrected chi connectivity index (χ0v) is 18.7.